The fraction of sp³-hybridized carbons (Fsp3) is 0.500. The number of fused-ring (bicyclic) bond motifs is 2. The molecule has 0 bridgehead atoms. The standard InChI is InChI=1S/C12H14N2O/c1-7-8-4-2-3-5-9(8)14-10-6-13-12(15)11(7)10/h2-6H2,1H3,(H,13,15). The monoisotopic (exact) mass is 202 g/mol. The molecule has 0 fully saturated rings. The largest absolute Gasteiger partial charge is 0.346 e. The zero-order chi connectivity index (χ0) is 10.4. The van der Waals surface area contributed by atoms with Crippen molar-refractivity contribution in [2.24, 2.45) is 0 Å². The van der Waals surface area contributed by atoms with Crippen LogP contribution in [0.3, 0.4) is 0 Å². The van der Waals surface area contributed by atoms with Crippen LogP contribution in [-0.4, -0.2) is 10.9 Å². The Labute approximate surface area is 88.9 Å². The summed E-state index contributed by atoms with van der Waals surface area (Å²) >= 11 is 0. The fourth-order valence-electron chi connectivity index (χ4n) is 2.68. The molecule has 3 nitrogen and oxygen atoms in total. The third-order valence-corrected chi connectivity index (χ3v) is 3.47. The van der Waals surface area contributed by atoms with Crippen molar-refractivity contribution in [3.63, 3.8) is 0 Å². The molecule has 15 heavy (non-hydrogen) atoms. The van der Waals surface area contributed by atoms with Crippen LogP contribution < -0.4 is 5.32 Å². The van der Waals surface area contributed by atoms with Crippen LogP contribution in [0, 0.1) is 6.92 Å². The van der Waals surface area contributed by atoms with Gasteiger partial charge in [-0.15, -0.1) is 0 Å². The van der Waals surface area contributed by atoms with E-state index in [0.717, 1.165) is 24.1 Å². The van der Waals surface area contributed by atoms with Gasteiger partial charge >= 0.3 is 0 Å². The molecule has 2 heterocycles. The summed E-state index contributed by atoms with van der Waals surface area (Å²) < 4.78 is 0. The molecular weight excluding hydrogens is 188 g/mol. The Hall–Kier alpha value is -1.38. The van der Waals surface area contributed by atoms with Crippen LogP contribution in [-0.2, 0) is 19.4 Å². The summed E-state index contributed by atoms with van der Waals surface area (Å²) in [5, 5.41) is 2.85. The highest BCUT2D eigenvalue weighted by Gasteiger charge is 2.26. The van der Waals surface area contributed by atoms with E-state index < -0.39 is 0 Å². The average Bonchev–Trinajstić information content (AvgIpc) is 2.61. The molecule has 0 unspecified atom stereocenters. The van der Waals surface area contributed by atoms with Crippen LogP contribution in [0.4, 0.5) is 0 Å². The molecule has 78 valence electrons. The van der Waals surface area contributed by atoms with Gasteiger partial charge in [-0.1, -0.05) is 0 Å². The van der Waals surface area contributed by atoms with Crippen LogP contribution in [0.5, 0.6) is 0 Å². The lowest BCUT2D eigenvalue weighted by atomic mass is 9.90. The Morgan fingerprint density at radius 2 is 2.00 bits per heavy atom. The van der Waals surface area contributed by atoms with Crippen molar-refractivity contribution in [3.05, 3.63) is 28.1 Å². The van der Waals surface area contributed by atoms with E-state index in [1.54, 1.807) is 0 Å². The Balaban J connectivity index is 2.24. The lowest BCUT2D eigenvalue weighted by molar-refractivity contribution is 0.0965. The number of pyridine rings is 1. The van der Waals surface area contributed by atoms with Crippen LogP contribution in [0.2, 0.25) is 0 Å². The summed E-state index contributed by atoms with van der Waals surface area (Å²) in [5.41, 5.74) is 5.53. The van der Waals surface area contributed by atoms with Crippen LogP contribution >= 0.6 is 0 Å². The Bertz CT molecular complexity index is 451. The van der Waals surface area contributed by atoms with Gasteiger partial charge in [0.2, 0.25) is 0 Å². The number of hydrogen-bond acceptors (Lipinski definition) is 2. The zero-order valence-electron chi connectivity index (χ0n) is 8.89. The van der Waals surface area contributed by atoms with Gasteiger partial charge in [0.15, 0.2) is 0 Å². The molecule has 0 atom stereocenters. The zero-order valence-corrected chi connectivity index (χ0v) is 8.89. The maximum Gasteiger partial charge on any atom is 0.253 e. The summed E-state index contributed by atoms with van der Waals surface area (Å²) in [6.07, 6.45) is 4.64. The molecule has 0 aromatic carbocycles. The third-order valence-electron chi connectivity index (χ3n) is 3.47. The minimum Gasteiger partial charge on any atom is -0.346 e. The van der Waals surface area contributed by atoms with E-state index >= 15 is 0 Å². The smallest absolute Gasteiger partial charge is 0.253 e. The molecule has 1 aromatic heterocycles. The van der Waals surface area contributed by atoms with Crippen molar-refractivity contribution in [2.75, 3.05) is 0 Å². The van der Waals surface area contributed by atoms with Gasteiger partial charge in [0.25, 0.3) is 5.91 Å². The summed E-state index contributed by atoms with van der Waals surface area (Å²) in [7, 11) is 0. The van der Waals surface area contributed by atoms with Gasteiger partial charge in [-0.05, 0) is 43.7 Å². The number of carbonyl (C=O) groups is 1. The molecule has 0 saturated carbocycles. The van der Waals surface area contributed by atoms with Crippen LogP contribution in [0.25, 0.3) is 0 Å². The first-order chi connectivity index (χ1) is 7.27. The van der Waals surface area contributed by atoms with E-state index in [1.807, 2.05) is 0 Å². The summed E-state index contributed by atoms with van der Waals surface area (Å²) in [4.78, 5) is 16.2. The van der Waals surface area contributed by atoms with Gasteiger partial charge < -0.3 is 5.32 Å². The number of carbonyl (C=O) groups excluding carboxylic acids is 1. The summed E-state index contributed by atoms with van der Waals surface area (Å²) in [5.74, 6) is 0.0587. The molecule has 3 heteroatoms. The van der Waals surface area contributed by atoms with Crippen molar-refractivity contribution in [2.45, 2.75) is 39.2 Å². The number of amides is 1. The molecule has 0 spiro atoms. The Kier molecular flexibility index (Phi) is 1.81. The van der Waals surface area contributed by atoms with Gasteiger partial charge in [-0.3, -0.25) is 9.78 Å². The highest BCUT2D eigenvalue weighted by Crippen LogP contribution is 2.28. The first-order valence-corrected chi connectivity index (χ1v) is 5.57. The van der Waals surface area contributed by atoms with Crippen molar-refractivity contribution in [1.29, 1.82) is 0 Å². The maximum atomic E-state index is 11.6. The van der Waals surface area contributed by atoms with Gasteiger partial charge in [0.05, 0.1) is 17.8 Å². The quantitative estimate of drug-likeness (QED) is 0.693. The Morgan fingerprint density at radius 1 is 1.20 bits per heavy atom. The Morgan fingerprint density at radius 3 is 2.87 bits per heavy atom. The molecular formula is C12H14N2O. The van der Waals surface area contributed by atoms with E-state index in [0.29, 0.717) is 6.54 Å². The minimum atomic E-state index is 0.0587. The molecule has 1 amide bonds. The highest BCUT2D eigenvalue weighted by molar-refractivity contribution is 5.99. The molecule has 1 aromatic rings. The number of rotatable bonds is 0. The van der Waals surface area contributed by atoms with Crippen LogP contribution in [0.1, 0.15) is 45.7 Å². The number of nitrogens with zero attached hydrogens (tertiary/aromatic N) is 1. The first-order valence-electron chi connectivity index (χ1n) is 5.57. The fourth-order valence-corrected chi connectivity index (χ4v) is 2.68. The lowest BCUT2D eigenvalue weighted by Gasteiger charge is -2.18. The third kappa shape index (κ3) is 1.19. The van der Waals surface area contributed by atoms with Crippen molar-refractivity contribution in [3.8, 4) is 0 Å². The molecule has 1 aliphatic carbocycles. The molecule has 0 radical (unpaired) electrons. The molecule has 0 saturated heterocycles. The summed E-state index contributed by atoms with van der Waals surface area (Å²) in [6.45, 7) is 2.68. The van der Waals surface area contributed by atoms with Crippen LogP contribution in [0.15, 0.2) is 0 Å². The summed E-state index contributed by atoms with van der Waals surface area (Å²) in [6, 6.07) is 0. The first kappa shape index (κ1) is 8.89. The molecule has 3 rings (SSSR count). The predicted molar refractivity (Wildman–Crippen MR) is 56.8 cm³/mol. The second-order valence-corrected chi connectivity index (χ2v) is 4.37. The molecule has 1 aliphatic heterocycles. The number of aryl methyl sites for hydroxylation is 1. The second-order valence-electron chi connectivity index (χ2n) is 4.37. The van der Waals surface area contributed by atoms with Gasteiger partial charge in [-0.2, -0.15) is 0 Å². The van der Waals surface area contributed by atoms with Gasteiger partial charge in [-0.25, -0.2) is 0 Å². The highest BCUT2D eigenvalue weighted by atomic mass is 16.1. The van der Waals surface area contributed by atoms with Gasteiger partial charge in [0.1, 0.15) is 0 Å². The molecule has 2 aliphatic rings. The second kappa shape index (κ2) is 3.05. The average molecular weight is 202 g/mol. The van der Waals surface area contributed by atoms with Crippen molar-refractivity contribution < 1.29 is 4.79 Å². The van der Waals surface area contributed by atoms with Crippen molar-refractivity contribution in [1.82, 2.24) is 10.3 Å². The van der Waals surface area contributed by atoms with E-state index in [1.165, 1.54) is 29.7 Å². The van der Waals surface area contributed by atoms with E-state index in [9.17, 15) is 4.79 Å². The topological polar surface area (TPSA) is 42.0 Å². The normalized spacial score (nSPS) is 18.3. The lowest BCUT2D eigenvalue weighted by Crippen LogP contribution is -2.15. The van der Waals surface area contributed by atoms with Gasteiger partial charge in [0, 0.05) is 5.69 Å². The van der Waals surface area contributed by atoms with Crippen molar-refractivity contribution >= 4 is 5.91 Å². The van der Waals surface area contributed by atoms with E-state index in [4.69, 9.17) is 0 Å². The SMILES string of the molecule is Cc1c2c(nc3c1C(=O)NC3)CCCC2. The number of hydrogen-bond donors (Lipinski definition) is 1. The molecule has 1 N–H and O–H groups in total. The van der Waals surface area contributed by atoms with E-state index in [-0.39, 0.29) is 5.91 Å². The number of aromatic nitrogens is 1. The minimum absolute atomic E-state index is 0.0587. The number of nitrogens with one attached hydrogen (secondary N) is 1. The maximum absolute atomic E-state index is 11.6. The predicted octanol–water partition coefficient (Wildman–Crippen LogP) is 1.51. The van der Waals surface area contributed by atoms with E-state index in [2.05, 4.69) is 17.2 Å².